The molecule has 0 aliphatic carbocycles. The summed E-state index contributed by atoms with van der Waals surface area (Å²) in [4.78, 5) is 27.4. The highest BCUT2D eigenvalue weighted by molar-refractivity contribution is 7.92. The Morgan fingerprint density at radius 2 is 2.04 bits per heavy atom. The van der Waals surface area contributed by atoms with Gasteiger partial charge in [-0.05, 0) is 40.7 Å². The van der Waals surface area contributed by atoms with Crippen LogP contribution in [0.25, 0.3) is 0 Å². The van der Waals surface area contributed by atoms with E-state index < -0.39 is 38.3 Å². The van der Waals surface area contributed by atoms with Crippen LogP contribution >= 0.6 is 22.9 Å². The average molecular weight is 437 g/mol. The Labute approximate surface area is 166 Å². The molecule has 1 saturated heterocycles. The number of hydrogen-bond acceptors (Lipinski definition) is 6. The van der Waals surface area contributed by atoms with E-state index in [1.54, 1.807) is 27.7 Å². The molecule has 1 fully saturated rings. The van der Waals surface area contributed by atoms with Crippen LogP contribution in [0, 0.1) is 0 Å². The van der Waals surface area contributed by atoms with Gasteiger partial charge < -0.3 is 15.2 Å². The summed E-state index contributed by atoms with van der Waals surface area (Å²) in [7, 11) is -3.68. The van der Waals surface area contributed by atoms with Gasteiger partial charge in [-0.25, -0.2) is 18.0 Å². The van der Waals surface area contributed by atoms with Gasteiger partial charge in [-0.2, -0.15) is 4.99 Å². The maximum Gasteiger partial charge on any atom is 0.435 e. The van der Waals surface area contributed by atoms with E-state index in [1.807, 2.05) is 0 Å². The number of nitrogens with zero attached hydrogens (tertiary/aromatic N) is 1. The highest BCUT2D eigenvalue weighted by Gasteiger charge is 2.46. The van der Waals surface area contributed by atoms with E-state index in [0.717, 1.165) is 11.3 Å². The van der Waals surface area contributed by atoms with Crippen LogP contribution < -0.4 is 5.32 Å². The molecule has 8 nitrogen and oxygen atoms in total. The van der Waals surface area contributed by atoms with Crippen molar-refractivity contribution in [1.82, 2.24) is 5.32 Å². The quantitative estimate of drug-likeness (QED) is 0.730. The number of nitrogens with one attached hydrogen (secondary N) is 1. The predicted molar refractivity (Wildman–Crippen MR) is 104 cm³/mol. The van der Waals surface area contributed by atoms with Crippen molar-refractivity contribution in [2.45, 2.75) is 51.0 Å². The van der Waals surface area contributed by atoms with Crippen LogP contribution in [0.15, 0.2) is 11.1 Å². The Morgan fingerprint density at radius 3 is 2.52 bits per heavy atom. The van der Waals surface area contributed by atoms with Crippen LogP contribution in [-0.4, -0.2) is 48.0 Å². The Morgan fingerprint density at radius 1 is 1.44 bits per heavy atom. The minimum atomic E-state index is -3.68. The molecule has 1 amide bonds. The van der Waals surface area contributed by atoms with Crippen molar-refractivity contribution in [2.24, 2.45) is 4.99 Å². The number of aromatic carboxylic acids is 1. The van der Waals surface area contributed by atoms with Crippen LogP contribution in [-0.2, 0) is 20.1 Å². The number of hydrogen-bond donors (Lipinski definition) is 2. The fourth-order valence-electron chi connectivity index (χ4n) is 2.59. The van der Waals surface area contributed by atoms with Crippen molar-refractivity contribution in [3.63, 3.8) is 0 Å². The number of amides is 1. The minimum Gasteiger partial charge on any atom is -0.477 e. The summed E-state index contributed by atoms with van der Waals surface area (Å²) in [6, 6.07) is 1.27. The van der Waals surface area contributed by atoms with Gasteiger partial charge in [-0.1, -0.05) is 11.6 Å². The molecule has 2 atom stereocenters. The van der Waals surface area contributed by atoms with Crippen molar-refractivity contribution in [1.29, 1.82) is 0 Å². The first-order valence-electron chi connectivity index (χ1n) is 7.99. The number of carboxylic acid groups (broad SMARTS) is 1. The molecule has 0 radical (unpaired) electrons. The number of carboxylic acids is 1. The van der Waals surface area contributed by atoms with Gasteiger partial charge in [0.05, 0.1) is 21.2 Å². The molecule has 1 aliphatic rings. The number of halogens is 1. The van der Waals surface area contributed by atoms with E-state index in [-0.39, 0.29) is 21.5 Å². The van der Waals surface area contributed by atoms with Gasteiger partial charge in [-0.15, -0.1) is 11.3 Å². The molecule has 2 N–H and O–H groups in total. The molecular formula is C16H21ClN2O6S2. The maximum absolute atomic E-state index is 12.7. The monoisotopic (exact) mass is 436 g/mol. The van der Waals surface area contributed by atoms with Crippen LogP contribution in [0.2, 0.25) is 5.02 Å². The number of thiophene rings is 1. The van der Waals surface area contributed by atoms with E-state index in [2.05, 4.69) is 10.3 Å². The molecule has 1 aliphatic heterocycles. The fourth-order valence-corrected chi connectivity index (χ4v) is 5.89. The zero-order valence-electron chi connectivity index (χ0n) is 15.5. The number of sulfone groups is 1. The van der Waals surface area contributed by atoms with Crippen molar-refractivity contribution < 1.29 is 27.9 Å². The molecule has 150 valence electrons. The van der Waals surface area contributed by atoms with E-state index in [4.69, 9.17) is 21.4 Å². The van der Waals surface area contributed by atoms with E-state index in [9.17, 15) is 18.0 Å². The molecular weight excluding hydrogens is 416 g/mol. The van der Waals surface area contributed by atoms with Crippen LogP contribution in [0.5, 0.6) is 0 Å². The molecule has 2 rings (SSSR count). The van der Waals surface area contributed by atoms with Crippen LogP contribution in [0.3, 0.4) is 0 Å². The molecule has 27 heavy (non-hydrogen) atoms. The zero-order chi connectivity index (χ0) is 20.8. The van der Waals surface area contributed by atoms with E-state index in [0.29, 0.717) is 4.88 Å². The van der Waals surface area contributed by atoms with Gasteiger partial charge in [-0.3, -0.25) is 0 Å². The first-order chi connectivity index (χ1) is 12.1. The number of carbonyl (C=O) groups excluding carboxylic acids is 1. The molecule has 2 heterocycles. The highest BCUT2D eigenvalue weighted by atomic mass is 35.5. The van der Waals surface area contributed by atoms with Gasteiger partial charge in [0.15, 0.2) is 9.84 Å². The van der Waals surface area contributed by atoms with Crippen molar-refractivity contribution in [2.75, 3.05) is 5.75 Å². The number of carbonyl (C=O) groups is 2. The first kappa shape index (κ1) is 21.6. The predicted octanol–water partition coefficient (Wildman–Crippen LogP) is 3.06. The molecule has 0 saturated carbocycles. The Balaban J connectivity index is 2.48. The second-order valence-electron chi connectivity index (χ2n) is 7.48. The molecule has 1 aromatic heterocycles. The van der Waals surface area contributed by atoms with Gasteiger partial charge in [0.25, 0.3) is 0 Å². The number of aliphatic imine (C=N–C) groups is 1. The molecule has 1 aromatic rings. The first-order valence-corrected chi connectivity index (χ1v) is 10.9. The lowest BCUT2D eigenvalue weighted by molar-refractivity contribution is 0.0602. The van der Waals surface area contributed by atoms with E-state index >= 15 is 0 Å². The summed E-state index contributed by atoms with van der Waals surface area (Å²) in [6.45, 7) is 8.00. The largest absolute Gasteiger partial charge is 0.477 e. The SMILES string of the molecule is CC1/C(=N\C(=O)OC(C)(C)C)N[C@](C)(c2sc(C(=O)O)cc2Cl)CS1(=O)=O. The third kappa shape index (κ3) is 4.80. The second kappa shape index (κ2) is 7.06. The maximum atomic E-state index is 12.7. The zero-order valence-corrected chi connectivity index (χ0v) is 17.9. The summed E-state index contributed by atoms with van der Waals surface area (Å²) in [5.74, 6) is -1.56. The number of amidine groups is 1. The lowest BCUT2D eigenvalue weighted by Crippen LogP contribution is -2.59. The third-order valence-electron chi connectivity index (χ3n) is 3.82. The standard InChI is InChI=1S/C16H21ClN2O6S2/c1-8-12(18-14(22)25-15(2,3)4)19-16(5,7-27(8,23)24)11-9(17)6-10(26-11)13(20)21/h6,8H,7H2,1-5H3,(H,20,21)(H,18,19,22)/t8?,16-/m0/s1. The highest BCUT2D eigenvalue weighted by Crippen LogP contribution is 2.39. The lowest BCUT2D eigenvalue weighted by Gasteiger charge is -2.38. The summed E-state index contributed by atoms with van der Waals surface area (Å²) < 4.78 is 30.5. The normalized spacial score (nSPS) is 26.4. The van der Waals surface area contributed by atoms with Crippen LogP contribution in [0.4, 0.5) is 4.79 Å². The number of ether oxygens (including phenoxy) is 1. The van der Waals surface area contributed by atoms with Crippen molar-refractivity contribution >= 4 is 50.7 Å². The van der Waals surface area contributed by atoms with Gasteiger partial charge in [0.1, 0.15) is 21.6 Å². The summed E-state index contributed by atoms with van der Waals surface area (Å²) in [5.41, 5.74) is -2.02. The molecule has 11 heteroatoms. The summed E-state index contributed by atoms with van der Waals surface area (Å²) in [6.07, 6.45) is -0.917. The lowest BCUT2D eigenvalue weighted by atomic mass is 10.0. The van der Waals surface area contributed by atoms with Crippen LogP contribution in [0.1, 0.15) is 49.2 Å². The minimum absolute atomic E-state index is 0.0142. The second-order valence-corrected chi connectivity index (χ2v) is 11.3. The Bertz CT molecular complexity index is 916. The van der Waals surface area contributed by atoms with Crippen molar-refractivity contribution in [3.8, 4) is 0 Å². The smallest absolute Gasteiger partial charge is 0.435 e. The molecule has 0 aromatic carbocycles. The van der Waals surface area contributed by atoms with Gasteiger partial charge in [0.2, 0.25) is 0 Å². The third-order valence-corrected chi connectivity index (χ3v) is 7.90. The summed E-state index contributed by atoms with van der Waals surface area (Å²) in [5, 5.41) is 11.2. The summed E-state index contributed by atoms with van der Waals surface area (Å²) >= 11 is 7.04. The van der Waals surface area contributed by atoms with Crippen molar-refractivity contribution in [3.05, 3.63) is 20.8 Å². The fraction of sp³-hybridized carbons (Fsp3) is 0.562. The average Bonchev–Trinajstić information content (AvgIpc) is 2.85. The molecule has 0 bridgehead atoms. The van der Waals surface area contributed by atoms with Gasteiger partial charge >= 0.3 is 12.1 Å². The Kier molecular flexibility index (Phi) is 5.66. The number of rotatable bonds is 2. The van der Waals surface area contributed by atoms with Gasteiger partial charge in [0, 0.05) is 0 Å². The topological polar surface area (TPSA) is 122 Å². The molecule has 0 spiro atoms. The van der Waals surface area contributed by atoms with E-state index in [1.165, 1.54) is 13.0 Å². The molecule has 1 unspecified atom stereocenters. The Hall–Kier alpha value is -1.65.